The molecule has 0 bridgehead atoms. The van der Waals surface area contributed by atoms with Crippen LogP contribution in [0.15, 0.2) is 29.6 Å². The van der Waals surface area contributed by atoms with Gasteiger partial charge in [0.05, 0.1) is 17.2 Å². The number of rotatable bonds is 8. The number of aromatic hydroxyl groups is 1. The van der Waals surface area contributed by atoms with Crippen LogP contribution in [-0.4, -0.2) is 48.4 Å². The van der Waals surface area contributed by atoms with Crippen molar-refractivity contribution >= 4 is 22.2 Å². The van der Waals surface area contributed by atoms with Gasteiger partial charge in [-0.3, -0.25) is 0 Å². The van der Waals surface area contributed by atoms with Crippen LogP contribution < -0.4 is 0 Å². The standard InChI is InChI=1S/C21H28N2O2S/c1-15-12-20(26-14-15)21-16(2)18-13-17(24)6-7-19(18)23(21)8-5-10-25-11-9-22(3)4/h6-7,12-14,24H,5,8-11H2,1-4H3. The zero-order valence-corrected chi connectivity index (χ0v) is 16.9. The van der Waals surface area contributed by atoms with Crippen LogP contribution >= 0.6 is 11.3 Å². The van der Waals surface area contributed by atoms with E-state index in [1.807, 2.05) is 12.1 Å². The molecule has 3 rings (SSSR count). The van der Waals surface area contributed by atoms with Gasteiger partial charge in [0.15, 0.2) is 0 Å². The first kappa shape index (κ1) is 19.0. The number of aryl methyl sites for hydroxylation is 3. The zero-order chi connectivity index (χ0) is 18.7. The Hall–Kier alpha value is -1.82. The maximum Gasteiger partial charge on any atom is 0.116 e. The lowest BCUT2D eigenvalue weighted by molar-refractivity contribution is 0.113. The Morgan fingerprint density at radius 3 is 2.65 bits per heavy atom. The highest BCUT2D eigenvalue weighted by molar-refractivity contribution is 7.13. The predicted octanol–water partition coefficient (Wildman–Crippen LogP) is 4.66. The lowest BCUT2D eigenvalue weighted by Gasteiger charge is -2.12. The van der Waals surface area contributed by atoms with Gasteiger partial charge in [-0.05, 0) is 75.1 Å². The maximum atomic E-state index is 9.92. The minimum absolute atomic E-state index is 0.318. The monoisotopic (exact) mass is 372 g/mol. The van der Waals surface area contributed by atoms with Crippen molar-refractivity contribution in [1.82, 2.24) is 9.47 Å². The molecule has 0 saturated heterocycles. The third-order valence-corrected chi connectivity index (χ3v) is 5.67. The fourth-order valence-corrected chi connectivity index (χ4v) is 4.30. The van der Waals surface area contributed by atoms with Gasteiger partial charge in [0.1, 0.15) is 5.75 Å². The zero-order valence-electron chi connectivity index (χ0n) is 16.1. The van der Waals surface area contributed by atoms with Crippen molar-refractivity contribution in [3.8, 4) is 16.3 Å². The molecule has 0 radical (unpaired) electrons. The third-order valence-electron chi connectivity index (χ3n) is 4.62. The van der Waals surface area contributed by atoms with Crippen LogP contribution in [0.25, 0.3) is 21.5 Å². The van der Waals surface area contributed by atoms with E-state index < -0.39 is 0 Å². The second-order valence-electron chi connectivity index (χ2n) is 7.08. The smallest absolute Gasteiger partial charge is 0.116 e. The highest BCUT2D eigenvalue weighted by atomic mass is 32.1. The van der Waals surface area contributed by atoms with E-state index in [4.69, 9.17) is 4.74 Å². The quantitative estimate of drug-likeness (QED) is 0.584. The molecule has 1 aromatic carbocycles. The Kier molecular flexibility index (Phi) is 6.01. The number of benzene rings is 1. The van der Waals surface area contributed by atoms with Crippen molar-refractivity contribution in [3.05, 3.63) is 40.8 Å². The van der Waals surface area contributed by atoms with Crippen LogP contribution in [0.3, 0.4) is 0 Å². The van der Waals surface area contributed by atoms with Gasteiger partial charge in [0.2, 0.25) is 0 Å². The normalized spacial score (nSPS) is 11.7. The van der Waals surface area contributed by atoms with Gasteiger partial charge in [0, 0.05) is 30.6 Å². The number of phenolic OH excluding ortho intramolecular Hbond substituents is 1. The summed E-state index contributed by atoms with van der Waals surface area (Å²) in [5.74, 6) is 0.318. The van der Waals surface area contributed by atoms with Gasteiger partial charge < -0.3 is 19.3 Å². The summed E-state index contributed by atoms with van der Waals surface area (Å²) < 4.78 is 8.14. The lowest BCUT2D eigenvalue weighted by Crippen LogP contribution is -2.18. The molecule has 0 amide bonds. The van der Waals surface area contributed by atoms with E-state index in [0.29, 0.717) is 5.75 Å². The van der Waals surface area contributed by atoms with Gasteiger partial charge in [-0.2, -0.15) is 0 Å². The summed E-state index contributed by atoms with van der Waals surface area (Å²) in [6, 6.07) is 7.92. The average Bonchev–Trinajstić information content (AvgIpc) is 3.12. The Balaban J connectivity index is 1.85. The van der Waals surface area contributed by atoms with Crippen LogP contribution in [0.2, 0.25) is 0 Å². The van der Waals surface area contributed by atoms with Crippen LogP contribution in [0, 0.1) is 13.8 Å². The molecular formula is C21H28N2O2S. The largest absolute Gasteiger partial charge is 0.508 e. The van der Waals surface area contributed by atoms with Crippen molar-refractivity contribution in [1.29, 1.82) is 0 Å². The van der Waals surface area contributed by atoms with Crippen molar-refractivity contribution in [2.24, 2.45) is 0 Å². The van der Waals surface area contributed by atoms with E-state index in [2.05, 4.69) is 48.9 Å². The molecule has 0 spiro atoms. The molecule has 0 aliphatic rings. The molecule has 2 aromatic heterocycles. The molecule has 3 aromatic rings. The highest BCUT2D eigenvalue weighted by Gasteiger charge is 2.17. The highest BCUT2D eigenvalue weighted by Crippen LogP contribution is 2.37. The number of phenols is 1. The Bertz CT molecular complexity index is 880. The summed E-state index contributed by atoms with van der Waals surface area (Å²) >= 11 is 1.78. The van der Waals surface area contributed by atoms with Crippen LogP contribution in [0.1, 0.15) is 17.5 Å². The van der Waals surface area contributed by atoms with Crippen molar-refractivity contribution in [3.63, 3.8) is 0 Å². The predicted molar refractivity (Wildman–Crippen MR) is 110 cm³/mol. The molecule has 0 unspecified atom stereocenters. The van der Waals surface area contributed by atoms with Gasteiger partial charge >= 0.3 is 0 Å². The fraction of sp³-hybridized carbons (Fsp3) is 0.429. The number of thiophene rings is 1. The van der Waals surface area contributed by atoms with Crippen molar-refractivity contribution in [2.75, 3.05) is 33.9 Å². The minimum atomic E-state index is 0.318. The fourth-order valence-electron chi connectivity index (χ4n) is 3.29. The summed E-state index contributed by atoms with van der Waals surface area (Å²) in [6.07, 6.45) is 0.967. The van der Waals surface area contributed by atoms with Crippen molar-refractivity contribution < 1.29 is 9.84 Å². The van der Waals surface area contributed by atoms with E-state index in [0.717, 1.165) is 38.1 Å². The minimum Gasteiger partial charge on any atom is -0.508 e. The summed E-state index contributed by atoms with van der Waals surface area (Å²) in [4.78, 5) is 3.41. The van der Waals surface area contributed by atoms with Gasteiger partial charge in [-0.1, -0.05) is 0 Å². The molecule has 140 valence electrons. The first-order chi connectivity index (χ1) is 12.5. The molecule has 26 heavy (non-hydrogen) atoms. The Labute approximate surface area is 159 Å². The van der Waals surface area contributed by atoms with E-state index >= 15 is 0 Å². The Morgan fingerprint density at radius 2 is 1.96 bits per heavy atom. The molecule has 1 N–H and O–H groups in total. The molecule has 0 saturated carbocycles. The lowest BCUT2D eigenvalue weighted by atomic mass is 10.1. The van der Waals surface area contributed by atoms with E-state index in [-0.39, 0.29) is 0 Å². The third kappa shape index (κ3) is 4.11. The number of fused-ring (bicyclic) bond motifs is 1. The summed E-state index contributed by atoms with van der Waals surface area (Å²) in [5, 5.41) is 13.2. The number of aromatic nitrogens is 1. The molecule has 0 fully saturated rings. The second-order valence-corrected chi connectivity index (χ2v) is 8.00. The number of nitrogens with zero attached hydrogens (tertiary/aromatic N) is 2. The molecule has 0 aliphatic carbocycles. The van der Waals surface area contributed by atoms with Crippen LogP contribution in [0.4, 0.5) is 0 Å². The molecule has 2 heterocycles. The number of hydrogen-bond acceptors (Lipinski definition) is 4. The number of likely N-dealkylation sites (N-methyl/N-ethyl adjacent to an activating group) is 1. The van der Waals surface area contributed by atoms with Crippen LogP contribution in [-0.2, 0) is 11.3 Å². The van der Waals surface area contributed by atoms with Crippen molar-refractivity contribution in [2.45, 2.75) is 26.8 Å². The summed E-state index contributed by atoms with van der Waals surface area (Å²) in [6.45, 7) is 7.66. The molecule has 5 heteroatoms. The van der Waals surface area contributed by atoms with Gasteiger partial charge in [-0.25, -0.2) is 0 Å². The second kappa shape index (κ2) is 8.25. The molecular weight excluding hydrogens is 344 g/mol. The first-order valence-corrected chi connectivity index (χ1v) is 9.95. The molecule has 0 atom stereocenters. The Morgan fingerprint density at radius 1 is 1.15 bits per heavy atom. The average molecular weight is 373 g/mol. The van der Waals surface area contributed by atoms with Gasteiger partial charge in [-0.15, -0.1) is 11.3 Å². The van der Waals surface area contributed by atoms with E-state index in [1.54, 1.807) is 17.4 Å². The topological polar surface area (TPSA) is 37.6 Å². The first-order valence-electron chi connectivity index (χ1n) is 9.07. The number of hydrogen-bond donors (Lipinski definition) is 1. The van der Waals surface area contributed by atoms with Crippen LogP contribution in [0.5, 0.6) is 5.75 Å². The molecule has 0 aliphatic heterocycles. The van der Waals surface area contributed by atoms with E-state index in [9.17, 15) is 5.11 Å². The van der Waals surface area contributed by atoms with E-state index in [1.165, 1.54) is 27.2 Å². The maximum absolute atomic E-state index is 9.92. The SMILES string of the molecule is Cc1csc(-c2c(C)c3cc(O)ccc3n2CCCOCCN(C)C)c1. The summed E-state index contributed by atoms with van der Waals surface area (Å²) in [7, 11) is 4.12. The number of ether oxygens (including phenoxy) is 1. The summed E-state index contributed by atoms with van der Waals surface area (Å²) in [5.41, 5.74) is 4.95. The molecule has 4 nitrogen and oxygen atoms in total. The van der Waals surface area contributed by atoms with Gasteiger partial charge in [0.25, 0.3) is 0 Å².